The maximum atomic E-state index is 12.9. The van der Waals surface area contributed by atoms with Crippen LogP contribution in [0.2, 0.25) is 0 Å². The van der Waals surface area contributed by atoms with Gasteiger partial charge in [-0.25, -0.2) is 4.79 Å². The van der Waals surface area contributed by atoms with Crippen LogP contribution in [0.4, 0.5) is 23.7 Å². The quantitative estimate of drug-likeness (QED) is 0.709. The second-order valence-electron chi connectivity index (χ2n) is 5.57. The van der Waals surface area contributed by atoms with Crippen LogP contribution in [0.5, 0.6) is 0 Å². The van der Waals surface area contributed by atoms with Crippen LogP contribution in [0.25, 0.3) is 10.8 Å². The number of aromatic nitrogens is 1. The highest BCUT2D eigenvalue weighted by Crippen LogP contribution is 2.32. The van der Waals surface area contributed by atoms with Gasteiger partial charge in [0, 0.05) is 29.6 Å². The average molecular weight is 360 g/mol. The second kappa shape index (κ2) is 7.43. The third-order valence-electron chi connectivity index (χ3n) is 3.84. The van der Waals surface area contributed by atoms with Crippen LogP contribution in [0.3, 0.4) is 0 Å². The van der Waals surface area contributed by atoms with Crippen molar-refractivity contribution in [2.24, 2.45) is 0 Å². The van der Waals surface area contributed by atoms with Crippen molar-refractivity contribution >= 4 is 22.6 Å². The summed E-state index contributed by atoms with van der Waals surface area (Å²) in [6.07, 6.45) is -1.91. The molecule has 0 aliphatic rings. The summed E-state index contributed by atoms with van der Waals surface area (Å²) in [5.41, 5.74) is -0.0832. The largest absolute Gasteiger partial charge is 0.449 e. The monoisotopic (exact) mass is 360 g/mol. The zero-order chi connectivity index (χ0) is 18.6. The van der Waals surface area contributed by atoms with Crippen LogP contribution >= 0.6 is 0 Å². The lowest BCUT2D eigenvalue weighted by Gasteiger charge is -2.13. The van der Waals surface area contributed by atoms with Gasteiger partial charge in [-0.15, -0.1) is 0 Å². The van der Waals surface area contributed by atoms with Crippen molar-refractivity contribution in [3.05, 3.63) is 72.1 Å². The lowest BCUT2D eigenvalue weighted by atomic mass is 10.0. The Labute approximate surface area is 147 Å². The molecule has 134 valence electrons. The lowest BCUT2D eigenvalue weighted by molar-refractivity contribution is -0.138. The summed E-state index contributed by atoms with van der Waals surface area (Å²) in [7, 11) is 0. The molecule has 3 rings (SSSR count). The SMILES string of the molecule is O=C(Nc1cccc2cnccc12)OCCc1ccccc1C(F)(F)F. The number of nitrogens with one attached hydrogen (secondary N) is 1. The molecule has 0 saturated carbocycles. The Hall–Kier alpha value is -3.09. The number of carbonyl (C=O) groups excluding carboxylic acids is 1. The smallest absolute Gasteiger partial charge is 0.416 e. The number of pyridine rings is 1. The number of amides is 1. The molecule has 0 radical (unpaired) electrons. The maximum absolute atomic E-state index is 12.9. The molecule has 0 aliphatic carbocycles. The molecule has 0 unspecified atom stereocenters. The predicted molar refractivity (Wildman–Crippen MR) is 91.9 cm³/mol. The predicted octanol–water partition coefficient (Wildman–Crippen LogP) is 5.04. The number of rotatable bonds is 4. The number of benzene rings is 2. The Balaban J connectivity index is 1.62. The normalized spacial score (nSPS) is 11.3. The first-order chi connectivity index (χ1) is 12.4. The summed E-state index contributed by atoms with van der Waals surface area (Å²) in [4.78, 5) is 16.0. The summed E-state index contributed by atoms with van der Waals surface area (Å²) in [6, 6.07) is 12.3. The fraction of sp³-hybridized carbons (Fsp3) is 0.158. The number of alkyl halides is 3. The minimum atomic E-state index is -4.43. The van der Waals surface area contributed by atoms with Crippen LogP contribution in [-0.4, -0.2) is 17.7 Å². The van der Waals surface area contributed by atoms with Gasteiger partial charge in [0.05, 0.1) is 17.9 Å². The Bertz CT molecular complexity index is 921. The molecule has 1 aromatic heterocycles. The molecule has 3 aromatic rings. The summed E-state index contributed by atoms with van der Waals surface area (Å²) in [6.45, 7) is -0.161. The van der Waals surface area contributed by atoms with Gasteiger partial charge in [0.1, 0.15) is 0 Å². The van der Waals surface area contributed by atoms with E-state index in [4.69, 9.17) is 4.74 Å². The number of ether oxygens (including phenoxy) is 1. The number of fused-ring (bicyclic) bond motifs is 1. The van der Waals surface area contributed by atoms with E-state index in [1.54, 1.807) is 30.6 Å². The van der Waals surface area contributed by atoms with Crippen LogP contribution < -0.4 is 5.32 Å². The highest BCUT2D eigenvalue weighted by atomic mass is 19.4. The van der Waals surface area contributed by atoms with Gasteiger partial charge in [-0.1, -0.05) is 30.3 Å². The molecule has 0 saturated heterocycles. The van der Waals surface area contributed by atoms with E-state index >= 15 is 0 Å². The third-order valence-corrected chi connectivity index (χ3v) is 3.84. The molecule has 0 atom stereocenters. The van der Waals surface area contributed by atoms with E-state index in [0.29, 0.717) is 5.69 Å². The zero-order valence-corrected chi connectivity index (χ0v) is 13.6. The van der Waals surface area contributed by atoms with Gasteiger partial charge in [0.2, 0.25) is 0 Å². The molecule has 0 bridgehead atoms. The van der Waals surface area contributed by atoms with Crippen molar-refractivity contribution in [1.29, 1.82) is 0 Å². The summed E-state index contributed by atoms with van der Waals surface area (Å²) in [5, 5.41) is 4.25. The van der Waals surface area contributed by atoms with Gasteiger partial charge < -0.3 is 4.74 Å². The lowest BCUT2D eigenvalue weighted by Crippen LogP contribution is -2.17. The molecule has 1 N–H and O–H groups in total. The molecular weight excluding hydrogens is 345 g/mol. The van der Waals surface area contributed by atoms with Crippen molar-refractivity contribution in [1.82, 2.24) is 4.98 Å². The number of nitrogens with zero attached hydrogens (tertiary/aromatic N) is 1. The van der Waals surface area contributed by atoms with Crippen LogP contribution in [0.15, 0.2) is 60.9 Å². The average Bonchev–Trinajstić information content (AvgIpc) is 2.62. The number of hydrogen-bond donors (Lipinski definition) is 1. The summed E-state index contributed by atoms with van der Waals surface area (Å²) in [5.74, 6) is 0. The Morgan fingerprint density at radius 2 is 1.88 bits per heavy atom. The van der Waals surface area contributed by atoms with E-state index in [9.17, 15) is 18.0 Å². The highest BCUT2D eigenvalue weighted by Gasteiger charge is 2.32. The van der Waals surface area contributed by atoms with Crippen molar-refractivity contribution in [3.8, 4) is 0 Å². The van der Waals surface area contributed by atoms with E-state index in [-0.39, 0.29) is 18.6 Å². The van der Waals surface area contributed by atoms with E-state index in [1.165, 1.54) is 18.2 Å². The Morgan fingerprint density at radius 1 is 1.08 bits per heavy atom. The number of halogens is 3. The molecule has 26 heavy (non-hydrogen) atoms. The maximum Gasteiger partial charge on any atom is 0.416 e. The minimum absolute atomic E-state index is 0.0252. The first-order valence-electron chi connectivity index (χ1n) is 7.87. The molecule has 1 heterocycles. The standard InChI is InChI=1S/C19H15F3N2O2/c20-19(21,22)16-6-2-1-4-13(16)9-11-26-18(25)24-17-7-3-5-14-12-23-10-8-15(14)17/h1-8,10,12H,9,11H2,(H,24,25). The Morgan fingerprint density at radius 3 is 2.69 bits per heavy atom. The molecular formula is C19H15F3N2O2. The second-order valence-corrected chi connectivity index (χ2v) is 5.57. The van der Waals surface area contributed by atoms with E-state index in [2.05, 4.69) is 10.3 Å². The van der Waals surface area contributed by atoms with Gasteiger partial charge in [-0.05, 0) is 23.8 Å². The zero-order valence-electron chi connectivity index (χ0n) is 13.6. The van der Waals surface area contributed by atoms with Crippen molar-refractivity contribution < 1.29 is 22.7 Å². The third kappa shape index (κ3) is 4.11. The number of hydrogen-bond acceptors (Lipinski definition) is 3. The van der Waals surface area contributed by atoms with E-state index < -0.39 is 17.8 Å². The molecule has 2 aromatic carbocycles. The van der Waals surface area contributed by atoms with Crippen molar-refractivity contribution in [2.45, 2.75) is 12.6 Å². The summed E-state index contributed by atoms with van der Waals surface area (Å²) >= 11 is 0. The van der Waals surface area contributed by atoms with Crippen molar-refractivity contribution in [2.75, 3.05) is 11.9 Å². The van der Waals surface area contributed by atoms with Gasteiger partial charge in [-0.3, -0.25) is 10.3 Å². The fourth-order valence-corrected chi connectivity index (χ4v) is 2.65. The first kappa shape index (κ1) is 17.7. The Kier molecular flexibility index (Phi) is 5.06. The van der Waals surface area contributed by atoms with Gasteiger partial charge in [0.15, 0.2) is 0 Å². The number of anilines is 1. The number of carbonyl (C=O) groups is 1. The first-order valence-corrected chi connectivity index (χ1v) is 7.87. The van der Waals surface area contributed by atoms with Gasteiger partial charge in [-0.2, -0.15) is 13.2 Å². The molecule has 0 aliphatic heterocycles. The summed E-state index contributed by atoms with van der Waals surface area (Å²) < 4.78 is 43.9. The van der Waals surface area contributed by atoms with Crippen LogP contribution in [-0.2, 0) is 17.3 Å². The van der Waals surface area contributed by atoms with Crippen molar-refractivity contribution in [3.63, 3.8) is 0 Å². The van der Waals surface area contributed by atoms with Crippen LogP contribution in [0, 0.1) is 0 Å². The van der Waals surface area contributed by atoms with Gasteiger partial charge >= 0.3 is 12.3 Å². The van der Waals surface area contributed by atoms with E-state index in [1.807, 2.05) is 6.07 Å². The fourth-order valence-electron chi connectivity index (χ4n) is 2.65. The van der Waals surface area contributed by atoms with Crippen LogP contribution in [0.1, 0.15) is 11.1 Å². The topological polar surface area (TPSA) is 51.2 Å². The molecule has 4 nitrogen and oxygen atoms in total. The van der Waals surface area contributed by atoms with Gasteiger partial charge in [0.25, 0.3) is 0 Å². The highest BCUT2D eigenvalue weighted by molar-refractivity contribution is 5.99. The molecule has 0 spiro atoms. The molecule has 1 amide bonds. The molecule has 7 heteroatoms. The minimum Gasteiger partial charge on any atom is -0.449 e. The molecule has 0 fully saturated rings. The van der Waals surface area contributed by atoms with E-state index in [0.717, 1.165) is 16.8 Å².